The third-order valence-electron chi connectivity index (χ3n) is 6.07. The van der Waals surface area contributed by atoms with Crippen molar-refractivity contribution in [2.75, 3.05) is 13.2 Å². The van der Waals surface area contributed by atoms with Gasteiger partial charge in [-0.15, -0.1) is 0 Å². The molecule has 1 aromatic heterocycles. The Kier molecular flexibility index (Phi) is 11.0. The minimum Gasteiger partial charge on any atom is -0.494 e. The van der Waals surface area contributed by atoms with Gasteiger partial charge in [0.1, 0.15) is 17.3 Å². The van der Waals surface area contributed by atoms with Crippen LogP contribution in [0.4, 0.5) is 0 Å². The Hall–Kier alpha value is -4.20. The number of pyridine rings is 1. The second kappa shape index (κ2) is 14.7. The normalized spacial score (nSPS) is 11.5. The number of nitrogens with two attached hydrogens (primary N) is 1. The zero-order valence-corrected chi connectivity index (χ0v) is 23.2. The molecule has 2 N–H and O–H groups in total. The number of ether oxygens (including phenoxy) is 2. The molecule has 3 aromatic rings. The number of hydrogen-bond donors (Lipinski definition) is 1. The summed E-state index contributed by atoms with van der Waals surface area (Å²) in [7, 11) is 0. The van der Waals surface area contributed by atoms with Crippen LogP contribution in [-0.2, 0) is 0 Å². The van der Waals surface area contributed by atoms with Crippen molar-refractivity contribution in [3.05, 3.63) is 89.7 Å². The van der Waals surface area contributed by atoms with Gasteiger partial charge in [0.25, 0.3) is 11.8 Å². The highest BCUT2D eigenvalue weighted by Gasteiger charge is 2.21. The summed E-state index contributed by atoms with van der Waals surface area (Å²) in [6, 6.07) is 18.0. The minimum absolute atomic E-state index is 0.0360. The maximum atomic E-state index is 12.8. The summed E-state index contributed by atoms with van der Waals surface area (Å²) in [4.78, 5) is 34.7. The van der Waals surface area contributed by atoms with Gasteiger partial charge in [0.15, 0.2) is 0 Å². The minimum atomic E-state index is -0.411. The van der Waals surface area contributed by atoms with Crippen molar-refractivity contribution in [1.82, 2.24) is 9.88 Å². The first-order valence-electron chi connectivity index (χ1n) is 13.3. The smallest absolute Gasteiger partial charge is 0.279 e. The first-order valence-corrected chi connectivity index (χ1v) is 13.3. The summed E-state index contributed by atoms with van der Waals surface area (Å²) in [6.45, 7) is 9.30. The van der Waals surface area contributed by atoms with Crippen LogP contribution in [0.3, 0.4) is 0 Å². The van der Waals surface area contributed by atoms with Crippen molar-refractivity contribution in [2.24, 2.45) is 10.7 Å². The zero-order chi connectivity index (χ0) is 28.2. The van der Waals surface area contributed by atoms with E-state index in [4.69, 9.17) is 15.2 Å². The van der Waals surface area contributed by atoms with Gasteiger partial charge in [-0.05, 0) is 108 Å². The second-order valence-corrected chi connectivity index (χ2v) is 9.74. The number of amidine groups is 1. The van der Waals surface area contributed by atoms with Gasteiger partial charge in [0.05, 0.1) is 13.2 Å². The molecule has 0 unspecified atom stereocenters. The van der Waals surface area contributed by atoms with E-state index < -0.39 is 5.91 Å². The number of nitrogens with zero attached hydrogens (tertiary/aromatic N) is 3. The molecule has 0 spiro atoms. The van der Waals surface area contributed by atoms with Crippen molar-refractivity contribution in [1.29, 1.82) is 0 Å². The van der Waals surface area contributed by atoms with Gasteiger partial charge < -0.3 is 20.1 Å². The van der Waals surface area contributed by atoms with Gasteiger partial charge in [-0.3, -0.25) is 14.6 Å². The van der Waals surface area contributed by atoms with E-state index in [1.807, 2.05) is 69.0 Å². The van der Waals surface area contributed by atoms with E-state index in [9.17, 15) is 9.59 Å². The van der Waals surface area contributed by atoms with Crippen LogP contribution in [0.25, 0.3) is 0 Å². The fraction of sp³-hybridized carbons (Fsp3) is 0.355. The number of hydrogen-bond acceptors (Lipinski definition) is 5. The molecule has 8 heteroatoms. The molecule has 2 aromatic carbocycles. The van der Waals surface area contributed by atoms with Crippen LogP contribution in [0.1, 0.15) is 73.2 Å². The van der Waals surface area contributed by atoms with Gasteiger partial charge in [-0.1, -0.05) is 0 Å². The van der Waals surface area contributed by atoms with Crippen molar-refractivity contribution in [3.63, 3.8) is 0 Å². The van der Waals surface area contributed by atoms with Crippen LogP contribution in [-0.4, -0.2) is 52.8 Å². The van der Waals surface area contributed by atoms with Crippen LogP contribution in [0, 0.1) is 0 Å². The molecule has 0 saturated carbocycles. The van der Waals surface area contributed by atoms with E-state index in [0.29, 0.717) is 29.9 Å². The number of carbonyl (C=O) groups excluding carboxylic acids is 2. The van der Waals surface area contributed by atoms with E-state index in [2.05, 4.69) is 9.98 Å². The molecule has 0 radical (unpaired) electrons. The van der Waals surface area contributed by atoms with Gasteiger partial charge in [0.2, 0.25) is 0 Å². The number of carbonyl (C=O) groups is 2. The SMILES string of the molecule is CC(C)N(C(=O)c1ccc(OCCCCCOc2ccc(/C(N)=N\C(=O)c3ccncc3)cc2)cc1)C(C)C. The molecule has 0 aliphatic carbocycles. The maximum absolute atomic E-state index is 12.8. The van der Waals surface area contributed by atoms with E-state index in [1.54, 1.807) is 24.3 Å². The monoisotopic (exact) mass is 530 g/mol. The van der Waals surface area contributed by atoms with E-state index in [0.717, 1.165) is 30.8 Å². The molecule has 0 saturated heterocycles. The van der Waals surface area contributed by atoms with E-state index in [1.165, 1.54) is 12.4 Å². The number of benzene rings is 2. The molecule has 0 aliphatic heterocycles. The van der Waals surface area contributed by atoms with Crippen LogP contribution in [0.15, 0.2) is 78.0 Å². The Bertz CT molecular complexity index is 1220. The van der Waals surface area contributed by atoms with Crippen molar-refractivity contribution in [2.45, 2.75) is 59.0 Å². The standard InChI is InChI=1S/C31H38N4O4/c1-22(2)35(23(3)4)31(37)26-10-14-28(15-11-26)39-21-7-5-6-20-38-27-12-8-24(9-13-27)29(32)34-30(36)25-16-18-33-19-17-25/h8-19,22-23H,5-7,20-21H2,1-4H3,(H2,32,34,36). The lowest BCUT2D eigenvalue weighted by Gasteiger charge is -2.30. The number of aliphatic imine (C=N–C) groups is 1. The van der Waals surface area contributed by atoms with Gasteiger partial charge in [-0.2, -0.15) is 4.99 Å². The third-order valence-corrected chi connectivity index (χ3v) is 6.07. The predicted molar refractivity (Wildman–Crippen MR) is 153 cm³/mol. The summed E-state index contributed by atoms with van der Waals surface area (Å²) in [6.07, 6.45) is 5.83. The maximum Gasteiger partial charge on any atom is 0.279 e. The largest absolute Gasteiger partial charge is 0.494 e. The Morgan fingerprint density at radius 2 is 1.23 bits per heavy atom. The highest BCUT2D eigenvalue weighted by atomic mass is 16.5. The Morgan fingerprint density at radius 1 is 0.744 bits per heavy atom. The average Bonchev–Trinajstić information content (AvgIpc) is 2.93. The predicted octanol–water partition coefficient (Wildman–Crippen LogP) is 5.51. The van der Waals surface area contributed by atoms with Gasteiger partial charge in [0, 0.05) is 41.2 Å². The molecular formula is C31H38N4O4. The molecular weight excluding hydrogens is 492 g/mol. The molecule has 2 amide bonds. The molecule has 206 valence electrons. The number of aromatic nitrogens is 1. The van der Waals surface area contributed by atoms with E-state index >= 15 is 0 Å². The number of rotatable bonds is 13. The van der Waals surface area contributed by atoms with Crippen LogP contribution in [0.5, 0.6) is 11.5 Å². The highest BCUT2D eigenvalue weighted by molar-refractivity contribution is 6.08. The van der Waals surface area contributed by atoms with Crippen molar-refractivity contribution < 1.29 is 19.1 Å². The Balaban J connectivity index is 1.34. The molecule has 39 heavy (non-hydrogen) atoms. The van der Waals surface area contributed by atoms with Crippen molar-refractivity contribution in [3.8, 4) is 11.5 Å². The topological polar surface area (TPSA) is 107 Å². The van der Waals surface area contributed by atoms with Gasteiger partial charge >= 0.3 is 0 Å². The summed E-state index contributed by atoms with van der Waals surface area (Å²) in [5.41, 5.74) is 7.74. The first-order chi connectivity index (χ1) is 18.8. The quantitative estimate of drug-likeness (QED) is 0.177. The zero-order valence-electron chi connectivity index (χ0n) is 23.2. The second-order valence-electron chi connectivity index (χ2n) is 9.74. The lowest BCUT2D eigenvalue weighted by molar-refractivity contribution is 0.0643. The number of amides is 2. The summed E-state index contributed by atoms with van der Waals surface area (Å²) in [5, 5.41) is 0. The van der Waals surface area contributed by atoms with E-state index in [-0.39, 0.29) is 23.8 Å². The molecule has 0 atom stereocenters. The lowest BCUT2D eigenvalue weighted by Crippen LogP contribution is -2.42. The summed E-state index contributed by atoms with van der Waals surface area (Å²) >= 11 is 0. The van der Waals surface area contributed by atoms with Crippen LogP contribution >= 0.6 is 0 Å². The Labute approximate surface area is 230 Å². The third kappa shape index (κ3) is 8.95. The molecule has 0 bridgehead atoms. The van der Waals surface area contributed by atoms with Crippen molar-refractivity contribution >= 4 is 17.6 Å². The summed E-state index contributed by atoms with van der Waals surface area (Å²) < 4.78 is 11.6. The molecule has 0 fully saturated rings. The molecule has 3 rings (SSSR count). The lowest BCUT2D eigenvalue weighted by atomic mass is 10.1. The van der Waals surface area contributed by atoms with Gasteiger partial charge in [-0.25, -0.2) is 0 Å². The molecule has 1 heterocycles. The highest BCUT2D eigenvalue weighted by Crippen LogP contribution is 2.17. The van der Waals surface area contributed by atoms with Crippen LogP contribution in [0.2, 0.25) is 0 Å². The molecule has 8 nitrogen and oxygen atoms in total. The Morgan fingerprint density at radius 3 is 1.72 bits per heavy atom. The molecule has 0 aliphatic rings. The summed E-state index contributed by atoms with van der Waals surface area (Å²) in [5.74, 6) is 1.26. The van der Waals surface area contributed by atoms with Crippen LogP contribution < -0.4 is 15.2 Å². The fourth-order valence-corrected chi connectivity index (χ4v) is 4.12. The fourth-order valence-electron chi connectivity index (χ4n) is 4.12. The number of unbranched alkanes of at least 4 members (excludes halogenated alkanes) is 2. The average molecular weight is 531 g/mol. The first kappa shape index (κ1) is 29.4.